The van der Waals surface area contributed by atoms with E-state index in [9.17, 15) is 20.2 Å². The monoisotopic (exact) mass is 580 g/mol. The van der Waals surface area contributed by atoms with Crippen LogP contribution >= 0.6 is 8.20 Å². The summed E-state index contributed by atoms with van der Waals surface area (Å²) in [5.41, 5.74) is 4.69. The van der Waals surface area contributed by atoms with Gasteiger partial charge in [-0.15, -0.1) is 0 Å². The van der Waals surface area contributed by atoms with Gasteiger partial charge in [-0.2, -0.15) is 0 Å². The summed E-state index contributed by atoms with van der Waals surface area (Å²) in [6.45, 7) is 20.0. The molecule has 0 spiro atoms. The van der Waals surface area contributed by atoms with Crippen LogP contribution in [-0.2, 0) is 16.2 Å². The van der Waals surface area contributed by atoms with Gasteiger partial charge in [0, 0.05) is 40.7 Å². The molecule has 3 rings (SSSR count). The van der Waals surface area contributed by atoms with Crippen molar-refractivity contribution in [1.29, 1.82) is 0 Å². The Balaban J connectivity index is 2.30. The molecule has 0 fully saturated rings. The number of nitro benzene ring substituents is 2. The van der Waals surface area contributed by atoms with Crippen molar-refractivity contribution in [3.05, 3.63) is 109 Å². The standard InChI is InChI=1S/C35H37N2O4P/c1-33(2,3)26-22-30(34(4,5)6)32(31(23-26)35(7,8)9)42-29(20-14-24-10-16-27(17-11-24)36(38)39)21-15-25-12-18-28(19-13-25)37(40)41/h10-13,16-19,22-23H,1-9H3. The van der Waals surface area contributed by atoms with Crippen molar-refractivity contribution >= 4 is 30.2 Å². The highest BCUT2D eigenvalue weighted by Crippen LogP contribution is 2.35. The maximum Gasteiger partial charge on any atom is 0.269 e. The van der Waals surface area contributed by atoms with Crippen LogP contribution in [0.25, 0.3) is 0 Å². The molecule has 0 saturated carbocycles. The Kier molecular flexibility index (Phi) is 9.46. The van der Waals surface area contributed by atoms with Crippen LogP contribution in [0.15, 0.2) is 60.7 Å². The Hall–Kier alpha value is -4.25. The smallest absolute Gasteiger partial charge is 0.258 e. The molecule has 6 nitrogen and oxygen atoms in total. The Morgan fingerprint density at radius 2 is 0.976 bits per heavy atom. The second kappa shape index (κ2) is 12.3. The van der Waals surface area contributed by atoms with Gasteiger partial charge >= 0.3 is 0 Å². The van der Waals surface area contributed by atoms with E-state index < -0.39 is 9.85 Å². The van der Waals surface area contributed by atoms with Crippen LogP contribution in [0.4, 0.5) is 11.4 Å². The molecule has 3 aromatic carbocycles. The summed E-state index contributed by atoms with van der Waals surface area (Å²) in [6, 6.07) is 16.9. The molecule has 0 aliphatic rings. The molecular weight excluding hydrogens is 543 g/mol. The number of benzene rings is 3. The van der Waals surface area contributed by atoms with Gasteiger partial charge in [0.1, 0.15) is 5.29 Å². The Bertz CT molecular complexity index is 1550. The molecule has 3 aromatic rings. The van der Waals surface area contributed by atoms with Crippen molar-refractivity contribution in [2.75, 3.05) is 0 Å². The summed E-state index contributed by atoms with van der Waals surface area (Å²) < 4.78 is 0. The molecule has 0 N–H and O–H groups in total. The normalized spacial score (nSPS) is 11.6. The summed E-state index contributed by atoms with van der Waals surface area (Å²) in [5, 5.41) is 24.0. The lowest BCUT2D eigenvalue weighted by Crippen LogP contribution is -2.30. The summed E-state index contributed by atoms with van der Waals surface area (Å²) >= 11 is 0. The quantitative estimate of drug-likeness (QED) is 0.135. The average Bonchev–Trinajstić information content (AvgIpc) is 2.88. The fourth-order valence-electron chi connectivity index (χ4n) is 4.13. The van der Waals surface area contributed by atoms with E-state index >= 15 is 0 Å². The second-order valence-electron chi connectivity index (χ2n) is 13.2. The zero-order valence-corrected chi connectivity index (χ0v) is 26.6. The van der Waals surface area contributed by atoms with Crippen molar-refractivity contribution < 1.29 is 9.85 Å². The molecule has 0 aliphatic heterocycles. The zero-order valence-electron chi connectivity index (χ0n) is 25.7. The van der Waals surface area contributed by atoms with E-state index in [1.165, 1.54) is 41.0 Å². The summed E-state index contributed by atoms with van der Waals surface area (Å²) in [6.07, 6.45) is 0. The summed E-state index contributed by atoms with van der Waals surface area (Å²) in [4.78, 5) is 21.3. The highest BCUT2D eigenvalue weighted by molar-refractivity contribution is 7.50. The van der Waals surface area contributed by atoms with E-state index in [2.05, 4.69) is 98.1 Å². The fourth-order valence-corrected chi connectivity index (χ4v) is 5.61. The van der Waals surface area contributed by atoms with Crippen LogP contribution in [0.3, 0.4) is 0 Å². The van der Waals surface area contributed by atoms with Gasteiger partial charge in [-0.25, -0.2) is 0 Å². The first-order chi connectivity index (χ1) is 19.4. The molecule has 0 saturated heterocycles. The Morgan fingerprint density at radius 3 is 1.26 bits per heavy atom. The first-order valence-electron chi connectivity index (χ1n) is 13.7. The van der Waals surface area contributed by atoms with Gasteiger partial charge in [-0.05, 0) is 77.2 Å². The summed E-state index contributed by atoms with van der Waals surface area (Å²) in [7, 11) is 0.843. The van der Waals surface area contributed by atoms with Gasteiger partial charge in [-0.3, -0.25) is 20.2 Å². The molecule has 0 radical (unpaired) electrons. The third-order valence-electron chi connectivity index (χ3n) is 6.62. The van der Waals surface area contributed by atoms with Gasteiger partial charge in [0.25, 0.3) is 11.4 Å². The van der Waals surface area contributed by atoms with Gasteiger partial charge in [0.05, 0.1) is 9.85 Å². The van der Waals surface area contributed by atoms with Crippen LogP contribution in [0.5, 0.6) is 0 Å². The lowest BCUT2D eigenvalue weighted by molar-refractivity contribution is -0.385. The van der Waals surface area contributed by atoms with Crippen LogP contribution in [0.2, 0.25) is 0 Å². The molecule has 0 aromatic heterocycles. The largest absolute Gasteiger partial charge is 0.269 e. The van der Waals surface area contributed by atoms with Gasteiger partial charge in [-0.1, -0.05) is 86.3 Å². The van der Waals surface area contributed by atoms with Crippen LogP contribution in [0, 0.1) is 43.9 Å². The maximum atomic E-state index is 11.1. The number of nitrogens with zero attached hydrogens (tertiary/aromatic N) is 2. The zero-order chi connectivity index (χ0) is 31.5. The molecule has 0 atom stereocenters. The minimum atomic E-state index is -0.438. The minimum absolute atomic E-state index is 0.00409. The van der Waals surface area contributed by atoms with Crippen molar-refractivity contribution in [2.45, 2.75) is 78.6 Å². The SMILES string of the molecule is CC(C)(C)c1cc(C(C)(C)C)c(P=C(C#Cc2ccc([N+](=O)[O-])cc2)C#Cc2ccc([N+](=O)[O-])cc2)c(C(C)(C)C)c1. The summed E-state index contributed by atoms with van der Waals surface area (Å²) in [5.74, 6) is 12.7. The number of nitro groups is 2. The Morgan fingerprint density at radius 1 is 0.619 bits per heavy atom. The molecular formula is C35H37N2O4P. The molecule has 42 heavy (non-hydrogen) atoms. The van der Waals surface area contributed by atoms with Crippen LogP contribution < -0.4 is 5.30 Å². The van der Waals surface area contributed by atoms with Gasteiger partial charge < -0.3 is 0 Å². The van der Waals surface area contributed by atoms with Crippen LogP contribution in [-0.4, -0.2) is 15.1 Å². The van der Waals surface area contributed by atoms with E-state index in [1.807, 2.05) is 0 Å². The number of non-ortho nitro benzene ring substituents is 2. The predicted molar refractivity (Wildman–Crippen MR) is 174 cm³/mol. The lowest BCUT2D eigenvalue weighted by Gasteiger charge is -2.32. The minimum Gasteiger partial charge on any atom is -0.258 e. The number of hydrogen-bond acceptors (Lipinski definition) is 4. The van der Waals surface area contributed by atoms with E-state index in [1.54, 1.807) is 24.3 Å². The highest BCUT2D eigenvalue weighted by Gasteiger charge is 2.28. The van der Waals surface area contributed by atoms with Crippen molar-refractivity contribution in [3.63, 3.8) is 0 Å². The first-order valence-corrected chi connectivity index (χ1v) is 14.6. The van der Waals surface area contributed by atoms with Crippen molar-refractivity contribution in [2.24, 2.45) is 0 Å². The molecule has 0 heterocycles. The predicted octanol–water partition coefficient (Wildman–Crippen LogP) is 8.24. The fraction of sp³-hybridized carbons (Fsp3) is 0.343. The third kappa shape index (κ3) is 8.39. The van der Waals surface area contributed by atoms with Gasteiger partial charge in [0.2, 0.25) is 0 Å². The Labute approximate surface area is 250 Å². The molecule has 216 valence electrons. The second-order valence-corrected chi connectivity index (χ2v) is 14.4. The molecule has 0 bridgehead atoms. The molecule has 0 unspecified atom stereocenters. The average molecular weight is 581 g/mol. The number of hydrogen-bond donors (Lipinski definition) is 0. The van der Waals surface area contributed by atoms with Crippen molar-refractivity contribution in [3.8, 4) is 23.7 Å². The molecule has 0 aliphatic carbocycles. The maximum absolute atomic E-state index is 11.1. The molecule has 0 amide bonds. The van der Waals surface area contributed by atoms with Gasteiger partial charge in [0.15, 0.2) is 0 Å². The van der Waals surface area contributed by atoms with E-state index in [0.29, 0.717) is 16.4 Å². The van der Waals surface area contributed by atoms with Crippen LogP contribution in [0.1, 0.15) is 90.1 Å². The first kappa shape index (κ1) is 32.3. The third-order valence-corrected chi connectivity index (χ3v) is 7.77. The van der Waals surface area contributed by atoms with E-state index in [-0.39, 0.29) is 27.6 Å². The molecule has 7 heteroatoms. The number of rotatable bonds is 3. The van der Waals surface area contributed by atoms with Crippen molar-refractivity contribution in [1.82, 2.24) is 0 Å². The highest BCUT2D eigenvalue weighted by atomic mass is 31.1. The topological polar surface area (TPSA) is 86.3 Å². The van der Waals surface area contributed by atoms with E-state index in [4.69, 9.17) is 0 Å². The van der Waals surface area contributed by atoms with E-state index in [0.717, 1.165) is 13.5 Å². The lowest BCUT2D eigenvalue weighted by atomic mass is 9.75.